The zero-order valence-corrected chi connectivity index (χ0v) is 19.3. The first-order valence-corrected chi connectivity index (χ1v) is 12.0. The molecule has 0 atom stereocenters. The maximum absolute atomic E-state index is 12.8. The molecule has 0 aliphatic carbocycles. The molecule has 2 aromatic carbocycles. The number of hydrogen-bond acceptors (Lipinski definition) is 6. The molecule has 3 aromatic rings. The molecule has 1 aliphatic rings. The Balaban J connectivity index is 1.56. The molecular formula is C22H23N3O4S2. The molecule has 7 nitrogen and oxygen atoms in total. The van der Waals surface area contributed by atoms with Crippen molar-refractivity contribution in [3.63, 3.8) is 0 Å². The van der Waals surface area contributed by atoms with Gasteiger partial charge in [0.15, 0.2) is 11.7 Å². The highest BCUT2D eigenvalue weighted by atomic mass is 32.2. The Bertz CT molecular complexity index is 1240. The predicted molar refractivity (Wildman–Crippen MR) is 122 cm³/mol. The molecule has 0 unspecified atom stereocenters. The summed E-state index contributed by atoms with van der Waals surface area (Å²) in [6.45, 7) is 6.24. The maximum Gasteiger partial charge on any atom is 0.264 e. The maximum atomic E-state index is 12.8. The van der Waals surface area contributed by atoms with Crippen LogP contribution < -0.4 is 14.4 Å². The molecule has 1 aromatic heterocycles. The highest BCUT2D eigenvalue weighted by Gasteiger charge is 2.23. The lowest BCUT2D eigenvalue weighted by Crippen LogP contribution is -2.35. The van der Waals surface area contributed by atoms with E-state index in [1.807, 2.05) is 24.3 Å². The second kappa shape index (κ2) is 7.65. The summed E-state index contributed by atoms with van der Waals surface area (Å²) >= 11 is 1.20. The van der Waals surface area contributed by atoms with Crippen molar-refractivity contribution in [1.29, 1.82) is 0 Å². The van der Waals surface area contributed by atoms with E-state index in [2.05, 4.69) is 30.5 Å². The summed E-state index contributed by atoms with van der Waals surface area (Å²) < 4.78 is 33.5. The van der Waals surface area contributed by atoms with Crippen molar-refractivity contribution in [2.24, 2.45) is 0 Å². The van der Waals surface area contributed by atoms with Gasteiger partial charge in [0.1, 0.15) is 5.75 Å². The van der Waals surface area contributed by atoms with Gasteiger partial charge in [-0.1, -0.05) is 32.9 Å². The van der Waals surface area contributed by atoms with Gasteiger partial charge in [-0.25, -0.2) is 13.4 Å². The van der Waals surface area contributed by atoms with Gasteiger partial charge in [0, 0.05) is 18.0 Å². The van der Waals surface area contributed by atoms with Gasteiger partial charge >= 0.3 is 0 Å². The lowest BCUT2D eigenvalue weighted by molar-refractivity contribution is -0.120. The van der Waals surface area contributed by atoms with Crippen LogP contribution in [-0.2, 0) is 20.2 Å². The molecule has 0 spiro atoms. The second-order valence-corrected chi connectivity index (χ2v) is 10.9. The van der Waals surface area contributed by atoms with E-state index in [0.29, 0.717) is 17.1 Å². The SMILES string of the molecule is CN1C(=O)COc2ccc(-c3csc(NS(=O)(=O)c4ccc(C(C)(C)C)cc4)n3)cc21. The fraction of sp³-hybridized carbons (Fsp3) is 0.273. The van der Waals surface area contributed by atoms with E-state index < -0.39 is 10.0 Å². The zero-order valence-electron chi connectivity index (χ0n) is 17.7. The van der Waals surface area contributed by atoms with Gasteiger partial charge in [0.05, 0.1) is 16.3 Å². The highest BCUT2D eigenvalue weighted by Crippen LogP contribution is 2.36. The summed E-state index contributed by atoms with van der Waals surface area (Å²) in [6, 6.07) is 12.3. The Morgan fingerprint density at radius 2 is 1.84 bits per heavy atom. The van der Waals surface area contributed by atoms with Gasteiger partial charge in [-0.15, -0.1) is 11.3 Å². The molecular weight excluding hydrogens is 434 g/mol. The summed E-state index contributed by atoms with van der Waals surface area (Å²) in [5.74, 6) is 0.495. The number of ether oxygens (including phenoxy) is 1. The molecule has 4 rings (SSSR count). The van der Waals surface area contributed by atoms with Crippen LogP contribution in [0.15, 0.2) is 52.7 Å². The summed E-state index contributed by atoms with van der Waals surface area (Å²) in [5, 5.41) is 2.04. The lowest BCUT2D eigenvalue weighted by Gasteiger charge is -2.26. The van der Waals surface area contributed by atoms with E-state index >= 15 is 0 Å². The molecule has 1 amide bonds. The number of nitrogens with zero attached hydrogens (tertiary/aromatic N) is 2. The van der Waals surface area contributed by atoms with E-state index in [0.717, 1.165) is 11.1 Å². The van der Waals surface area contributed by atoms with E-state index in [1.165, 1.54) is 11.3 Å². The van der Waals surface area contributed by atoms with Gasteiger partial charge in [0.25, 0.3) is 15.9 Å². The van der Waals surface area contributed by atoms with Crippen molar-refractivity contribution in [3.8, 4) is 17.0 Å². The Hall–Kier alpha value is -2.91. The number of benzene rings is 2. The van der Waals surface area contributed by atoms with Crippen LogP contribution in [-0.4, -0.2) is 33.0 Å². The molecule has 0 saturated carbocycles. The normalized spacial score (nSPS) is 14.2. The largest absolute Gasteiger partial charge is 0.482 e. The number of amides is 1. The summed E-state index contributed by atoms with van der Waals surface area (Å²) in [6.07, 6.45) is 0. The molecule has 1 aliphatic heterocycles. The number of sulfonamides is 1. The van der Waals surface area contributed by atoms with Crippen molar-refractivity contribution in [2.75, 3.05) is 23.3 Å². The number of aromatic nitrogens is 1. The van der Waals surface area contributed by atoms with E-state index in [1.54, 1.807) is 35.5 Å². The van der Waals surface area contributed by atoms with Gasteiger partial charge in [0.2, 0.25) is 0 Å². The summed E-state index contributed by atoms with van der Waals surface area (Å²) in [4.78, 5) is 18.0. The molecule has 0 fully saturated rings. The number of carbonyl (C=O) groups is 1. The highest BCUT2D eigenvalue weighted by molar-refractivity contribution is 7.93. The minimum atomic E-state index is -3.75. The molecule has 1 N–H and O–H groups in total. The van der Waals surface area contributed by atoms with Crippen LogP contribution in [0.1, 0.15) is 26.3 Å². The molecule has 0 saturated heterocycles. The average Bonchev–Trinajstić information content (AvgIpc) is 3.18. The first-order valence-electron chi connectivity index (χ1n) is 9.67. The van der Waals surface area contributed by atoms with E-state index in [4.69, 9.17) is 4.74 Å². The van der Waals surface area contributed by atoms with Crippen molar-refractivity contribution in [3.05, 3.63) is 53.4 Å². The zero-order chi connectivity index (χ0) is 22.4. The molecule has 0 radical (unpaired) electrons. The second-order valence-electron chi connectivity index (χ2n) is 8.34. The van der Waals surface area contributed by atoms with Gasteiger partial charge in [-0.2, -0.15) is 0 Å². The fourth-order valence-electron chi connectivity index (χ4n) is 3.19. The van der Waals surface area contributed by atoms with Gasteiger partial charge < -0.3 is 9.64 Å². The summed E-state index contributed by atoms with van der Waals surface area (Å²) in [5.41, 5.74) is 3.03. The minimum absolute atomic E-state index is 0.0161. The third-order valence-corrected chi connectivity index (χ3v) is 7.34. The molecule has 31 heavy (non-hydrogen) atoms. The number of hydrogen-bond donors (Lipinski definition) is 1. The van der Waals surface area contributed by atoms with Crippen molar-refractivity contribution < 1.29 is 17.9 Å². The average molecular weight is 458 g/mol. The van der Waals surface area contributed by atoms with Crippen LogP contribution in [0.3, 0.4) is 0 Å². The Kier molecular flexibility index (Phi) is 5.26. The first-order chi connectivity index (χ1) is 14.5. The molecule has 0 bridgehead atoms. The predicted octanol–water partition coefficient (Wildman–Crippen LogP) is 4.26. The standard InChI is InChI=1S/C22H23N3O4S2/c1-22(2,3)15-6-8-16(9-7-15)31(27,28)24-21-23-17(13-30-21)14-5-10-19-18(11-14)25(4)20(26)12-29-19/h5-11,13H,12H2,1-4H3,(H,23,24). The minimum Gasteiger partial charge on any atom is -0.482 e. The third-order valence-electron chi connectivity index (χ3n) is 5.10. The number of anilines is 2. The van der Waals surface area contributed by atoms with Crippen molar-refractivity contribution >= 4 is 38.1 Å². The number of thiazole rings is 1. The Morgan fingerprint density at radius 3 is 2.52 bits per heavy atom. The summed E-state index contributed by atoms with van der Waals surface area (Å²) in [7, 11) is -2.06. The smallest absolute Gasteiger partial charge is 0.264 e. The topological polar surface area (TPSA) is 88.6 Å². The number of fused-ring (bicyclic) bond motifs is 1. The van der Waals surface area contributed by atoms with Crippen LogP contribution in [0.4, 0.5) is 10.8 Å². The quantitative estimate of drug-likeness (QED) is 0.632. The third kappa shape index (κ3) is 4.28. The number of carbonyl (C=O) groups excluding carboxylic acids is 1. The van der Waals surface area contributed by atoms with Gasteiger partial charge in [-0.3, -0.25) is 9.52 Å². The molecule has 2 heterocycles. The number of nitrogens with one attached hydrogen (secondary N) is 1. The number of likely N-dealkylation sites (N-methyl/N-ethyl adjacent to an activating group) is 1. The number of rotatable bonds is 4. The van der Waals surface area contributed by atoms with Crippen LogP contribution in [0, 0.1) is 0 Å². The first kappa shape index (κ1) is 21.3. The van der Waals surface area contributed by atoms with E-state index in [9.17, 15) is 13.2 Å². The van der Waals surface area contributed by atoms with Crippen LogP contribution >= 0.6 is 11.3 Å². The Labute approximate surface area is 185 Å². The fourth-order valence-corrected chi connectivity index (χ4v) is 5.17. The van der Waals surface area contributed by atoms with E-state index in [-0.39, 0.29) is 28.0 Å². The van der Waals surface area contributed by atoms with Crippen molar-refractivity contribution in [2.45, 2.75) is 31.1 Å². The molecule has 162 valence electrons. The van der Waals surface area contributed by atoms with Crippen LogP contribution in [0.5, 0.6) is 5.75 Å². The van der Waals surface area contributed by atoms with Crippen LogP contribution in [0.25, 0.3) is 11.3 Å². The monoisotopic (exact) mass is 457 g/mol. The van der Waals surface area contributed by atoms with Gasteiger partial charge in [-0.05, 0) is 41.3 Å². The Morgan fingerprint density at radius 1 is 1.13 bits per heavy atom. The van der Waals surface area contributed by atoms with Crippen LogP contribution in [0.2, 0.25) is 0 Å². The van der Waals surface area contributed by atoms with Crippen molar-refractivity contribution in [1.82, 2.24) is 4.98 Å². The lowest BCUT2D eigenvalue weighted by atomic mass is 9.87. The molecule has 9 heteroatoms.